The van der Waals surface area contributed by atoms with E-state index in [9.17, 15) is 0 Å². The summed E-state index contributed by atoms with van der Waals surface area (Å²) in [6.07, 6.45) is 0. The summed E-state index contributed by atoms with van der Waals surface area (Å²) < 4.78 is 4.64. The van der Waals surface area contributed by atoms with Gasteiger partial charge < -0.3 is 10.2 Å². The Morgan fingerprint density at radius 3 is 1.35 bits per heavy atom. The van der Waals surface area contributed by atoms with Crippen molar-refractivity contribution < 1.29 is 0 Å². The fraction of sp³-hybridized carbons (Fsp3) is 0.0222. The zero-order valence-corrected chi connectivity index (χ0v) is 27.9. The Balaban J connectivity index is 1.46. The highest BCUT2D eigenvalue weighted by Gasteiger charge is 2.33. The Labute approximate surface area is 295 Å². The normalized spacial score (nSPS) is 12.1. The maximum absolute atomic E-state index is 5.67. The average Bonchev–Trinajstić information content (AvgIpc) is 3.80. The summed E-state index contributed by atoms with van der Waals surface area (Å²) in [5.41, 5.74) is 14.1. The second-order valence-corrected chi connectivity index (χ2v) is 12.8. The molecule has 0 aliphatic carbocycles. The number of nitrogens with one attached hydrogen (secondary N) is 1. The van der Waals surface area contributed by atoms with Crippen LogP contribution in [0, 0.1) is 6.92 Å². The summed E-state index contributed by atoms with van der Waals surface area (Å²) >= 11 is 0. The molecule has 0 spiro atoms. The summed E-state index contributed by atoms with van der Waals surface area (Å²) in [6, 6.07) is 59.1. The first-order valence-corrected chi connectivity index (χ1v) is 17.2. The molecule has 7 aromatic carbocycles. The number of para-hydroxylation sites is 6. The van der Waals surface area contributed by atoms with Gasteiger partial charge in [0.1, 0.15) is 28.4 Å². The third kappa shape index (κ3) is 4.50. The van der Waals surface area contributed by atoms with Crippen LogP contribution in [0.15, 0.2) is 170 Å². The number of anilines is 5. The number of aromatic nitrogens is 4. The van der Waals surface area contributed by atoms with E-state index in [-0.39, 0.29) is 0 Å². The van der Waals surface area contributed by atoms with Crippen molar-refractivity contribution in [2.75, 3.05) is 10.2 Å². The van der Waals surface area contributed by atoms with E-state index in [2.05, 4.69) is 196 Å². The van der Waals surface area contributed by atoms with Crippen molar-refractivity contribution in [2.24, 2.45) is 0 Å². The molecule has 0 radical (unpaired) electrons. The highest BCUT2D eigenvalue weighted by Crippen LogP contribution is 2.53. The van der Waals surface area contributed by atoms with Gasteiger partial charge in [0.15, 0.2) is 0 Å². The molecule has 0 unspecified atom stereocenters. The van der Waals surface area contributed by atoms with Crippen LogP contribution in [-0.2, 0) is 0 Å². The lowest BCUT2D eigenvalue weighted by Crippen LogP contribution is -2.19. The fourth-order valence-corrected chi connectivity index (χ4v) is 7.55. The first-order valence-electron chi connectivity index (χ1n) is 17.2. The Hall–Kier alpha value is -6.92. The van der Waals surface area contributed by atoms with Gasteiger partial charge in [-0.2, -0.15) is 0 Å². The minimum atomic E-state index is 0.875. The maximum atomic E-state index is 5.67. The standard InChI is InChI=1S/C45H32N6/c1-30-39-42(50(34-24-12-5-13-25-34)44(47-39)31-18-6-2-7-19-31)43(51-37-28-16-14-26-35(37)46-36-27-15-17-29-38(36)51)40-41(30)49(33-22-10-4-11-23-33)45(48-40)32-20-8-3-9-21-32/h2-29,46H,1H3. The van der Waals surface area contributed by atoms with Crippen LogP contribution in [-0.4, -0.2) is 19.1 Å². The number of nitrogens with zero attached hydrogens (tertiary/aromatic N) is 5. The molecule has 242 valence electrons. The smallest absolute Gasteiger partial charge is 0.145 e. The van der Waals surface area contributed by atoms with Gasteiger partial charge in [-0.1, -0.05) is 121 Å². The number of hydrogen-bond acceptors (Lipinski definition) is 4. The molecular formula is C45H32N6. The maximum Gasteiger partial charge on any atom is 0.145 e. The molecule has 0 amide bonds. The van der Waals surface area contributed by atoms with E-state index in [1.54, 1.807) is 0 Å². The highest BCUT2D eigenvalue weighted by atomic mass is 15.2. The third-order valence-electron chi connectivity index (χ3n) is 9.79. The van der Waals surface area contributed by atoms with Gasteiger partial charge in [0.05, 0.1) is 33.8 Å². The Bertz CT molecular complexity index is 2630. The quantitative estimate of drug-likeness (QED) is 0.200. The van der Waals surface area contributed by atoms with E-state index in [0.29, 0.717) is 0 Å². The topological polar surface area (TPSA) is 50.9 Å². The van der Waals surface area contributed by atoms with Gasteiger partial charge in [0.2, 0.25) is 0 Å². The summed E-state index contributed by atoms with van der Waals surface area (Å²) in [7, 11) is 0. The first-order chi connectivity index (χ1) is 25.3. The van der Waals surface area contributed by atoms with Gasteiger partial charge in [-0.25, -0.2) is 9.97 Å². The number of benzene rings is 7. The van der Waals surface area contributed by atoms with Crippen molar-refractivity contribution in [3.05, 3.63) is 175 Å². The van der Waals surface area contributed by atoms with Crippen LogP contribution in [0.1, 0.15) is 5.56 Å². The fourth-order valence-electron chi connectivity index (χ4n) is 7.55. The molecule has 0 saturated carbocycles. The van der Waals surface area contributed by atoms with Crippen LogP contribution >= 0.6 is 0 Å². The summed E-state index contributed by atoms with van der Waals surface area (Å²) in [5, 5.41) is 3.70. The van der Waals surface area contributed by atoms with Crippen molar-refractivity contribution in [1.82, 2.24) is 19.1 Å². The summed E-state index contributed by atoms with van der Waals surface area (Å²) in [5.74, 6) is 1.75. The summed E-state index contributed by atoms with van der Waals surface area (Å²) in [6.45, 7) is 2.20. The number of fused-ring (bicyclic) bond motifs is 4. The molecule has 0 bridgehead atoms. The number of rotatable bonds is 5. The van der Waals surface area contributed by atoms with Crippen LogP contribution in [0.3, 0.4) is 0 Å². The van der Waals surface area contributed by atoms with Crippen LogP contribution in [0.2, 0.25) is 0 Å². The zero-order chi connectivity index (χ0) is 33.9. The molecule has 10 rings (SSSR count). The van der Waals surface area contributed by atoms with Crippen molar-refractivity contribution in [3.8, 4) is 34.2 Å². The van der Waals surface area contributed by atoms with Crippen molar-refractivity contribution >= 4 is 50.5 Å². The molecule has 2 aromatic heterocycles. The van der Waals surface area contributed by atoms with E-state index >= 15 is 0 Å². The monoisotopic (exact) mass is 656 g/mol. The van der Waals surface area contributed by atoms with Crippen LogP contribution in [0.25, 0.3) is 56.2 Å². The van der Waals surface area contributed by atoms with E-state index in [1.807, 2.05) is 0 Å². The van der Waals surface area contributed by atoms with Gasteiger partial charge in [0.25, 0.3) is 0 Å². The van der Waals surface area contributed by atoms with Crippen LogP contribution in [0.4, 0.5) is 28.4 Å². The summed E-state index contributed by atoms with van der Waals surface area (Å²) in [4.78, 5) is 13.6. The van der Waals surface area contributed by atoms with E-state index < -0.39 is 0 Å². The molecule has 6 heteroatoms. The molecule has 0 saturated heterocycles. The predicted octanol–water partition coefficient (Wildman–Crippen LogP) is 11.5. The minimum absolute atomic E-state index is 0.875. The Kier molecular flexibility index (Phi) is 6.61. The number of hydrogen-bond donors (Lipinski definition) is 1. The molecule has 51 heavy (non-hydrogen) atoms. The third-order valence-corrected chi connectivity index (χ3v) is 9.79. The second kappa shape index (κ2) is 11.6. The highest BCUT2D eigenvalue weighted by molar-refractivity contribution is 6.16. The molecule has 9 aromatic rings. The van der Waals surface area contributed by atoms with Gasteiger partial charge >= 0.3 is 0 Å². The lowest BCUT2D eigenvalue weighted by Gasteiger charge is -2.34. The lowest BCUT2D eigenvalue weighted by molar-refractivity contribution is 1.09. The number of imidazole rings is 2. The first kappa shape index (κ1) is 29.0. The molecule has 1 aliphatic heterocycles. The molecule has 0 atom stereocenters. The van der Waals surface area contributed by atoms with Crippen molar-refractivity contribution in [2.45, 2.75) is 6.92 Å². The van der Waals surface area contributed by atoms with Gasteiger partial charge in [-0.15, -0.1) is 0 Å². The SMILES string of the molecule is Cc1c2nc(-c3ccccc3)n(-c3ccccc3)c2c(N2c3ccccc3Nc3ccccc32)c2nc(-c3ccccc3)n(-c3ccccc3)c12. The molecule has 1 aliphatic rings. The molecule has 6 nitrogen and oxygen atoms in total. The lowest BCUT2D eigenvalue weighted by atomic mass is 10.0. The number of aryl methyl sites for hydroxylation is 1. The molecule has 3 heterocycles. The van der Waals surface area contributed by atoms with Gasteiger partial charge in [-0.05, 0) is 55.5 Å². The Morgan fingerprint density at radius 1 is 0.431 bits per heavy atom. The van der Waals surface area contributed by atoms with E-state index in [0.717, 1.165) is 90.2 Å². The molecular weight excluding hydrogens is 625 g/mol. The van der Waals surface area contributed by atoms with E-state index in [4.69, 9.17) is 9.97 Å². The largest absolute Gasteiger partial charge is 0.352 e. The zero-order valence-electron chi connectivity index (χ0n) is 27.9. The predicted molar refractivity (Wildman–Crippen MR) is 209 cm³/mol. The van der Waals surface area contributed by atoms with E-state index in [1.165, 1.54) is 0 Å². The Morgan fingerprint density at radius 2 is 0.843 bits per heavy atom. The average molecular weight is 657 g/mol. The van der Waals surface area contributed by atoms with Crippen molar-refractivity contribution in [1.29, 1.82) is 0 Å². The second-order valence-electron chi connectivity index (χ2n) is 12.8. The molecule has 0 fully saturated rings. The van der Waals surface area contributed by atoms with Crippen LogP contribution in [0.5, 0.6) is 0 Å². The minimum Gasteiger partial charge on any atom is -0.352 e. The van der Waals surface area contributed by atoms with Crippen LogP contribution < -0.4 is 10.2 Å². The van der Waals surface area contributed by atoms with Crippen molar-refractivity contribution in [3.63, 3.8) is 0 Å². The molecule has 1 N–H and O–H groups in total. The van der Waals surface area contributed by atoms with Gasteiger partial charge in [-0.3, -0.25) is 9.13 Å². The van der Waals surface area contributed by atoms with Gasteiger partial charge in [0, 0.05) is 28.1 Å².